The first-order valence-electron chi connectivity index (χ1n) is 10.4. The van der Waals surface area contributed by atoms with Crippen molar-refractivity contribution in [3.8, 4) is 0 Å². The third-order valence-electron chi connectivity index (χ3n) is 5.62. The molecule has 3 rings (SSSR count). The lowest BCUT2D eigenvalue weighted by molar-refractivity contribution is -0.122. The molecule has 1 amide bonds. The van der Waals surface area contributed by atoms with Crippen molar-refractivity contribution in [3.05, 3.63) is 35.6 Å². The highest BCUT2D eigenvalue weighted by Gasteiger charge is 2.34. The predicted octanol–water partition coefficient (Wildman–Crippen LogP) is 3.11. The number of aliphatic imine (C=N–C) groups is 1. The summed E-state index contributed by atoms with van der Waals surface area (Å²) in [4.78, 5) is 21.4. The van der Waals surface area contributed by atoms with Gasteiger partial charge in [0.05, 0.1) is 6.04 Å². The minimum Gasteiger partial charge on any atom is -0.420 e. The van der Waals surface area contributed by atoms with Crippen molar-refractivity contribution in [1.29, 1.82) is 0 Å². The summed E-state index contributed by atoms with van der Waals surface area (Å²) in [6.07, 6.45) is 2.92. The topological polar surface area (TPSA) is 57.2 Å². The van der Waals surface area contributed by atoms with E-state index in [2.05, 4.69) is 43.1 Å². The monoisotopic (exact) mass is 384 g/mol. The number of carbonyl (C=O) groups is 1. The number of carbonyl (C=O) groups excluding carboxylic acids is 1. The van der Waals surface area contributed by atoms with E-state index in [0.29, 0.717) is 24.2 Å². The van der Waals surface area contributed by atoms with E-state index in [1.165, 1.54) is 5.69 Å². The molecule has 6 heteroatoms. The quantitative estimate of drug-likeness (QED) is 0.734. The maximum Gasteiger partial charge on any atom is 0.300 e. The van der Waals surface area contributed by atoms with E-state index >= 15 is 0 Å². The standard InChI is InChI=1S/C22H32N4O2/c1-5-25(6-2)19-10-8-17(9-11-19)14-20-21(27)26(7-3)22(28-20)24-16(4)18-12-13-23-15-18/h8-11,14,16,18,23H,5-7,12-13,15H2,1-4H3/b20-14+,24-22+. The van der Waals surface area contributed by atoms with E-state index in [-0.39, 0.29) is 11.9 Å². The summed E-state index contributed by atoms with van der Waals surface area (Å²) in [5, 5.41) is 3.37. The van der Waals surface area contributed by atoms with Crippen LogP contribution in [0.3, 0.4) is 0 Å². The van der Waals surface area contributed by atoms with Crippen LogP contribution < -0.4 is 10.2 Å². The van der Waals surface area contributed by atoms with Gasteiger partial charge in [0.25, 0.3) is 5.91 Å². The number of amidine groups is 1. The SMILES string of the molecule is CCN1C(=O)/C(=C\c2ccc(N(CC)CC)cc2)O/C1=N/C(C)C1CCNC1. The lowest BCUT2D eigenvalue weighted by Gasteiger charge is -2.20. The molecule has 2 aliphatic rings. The van der Waals surface area contributed by atoms with E-state index in [0.717, 1.165) is 38.2 Å². The number of anilines is 1. The van der Waals surface area contributed by atoms with E-state index in [4.69, 9.17) is 9.73 Å². The summed E-state index contributed by atoms with van der Waals surface area (Å²) in [7, 11) is 0. The summed E-state index contributed by atoms with van der Waals surface area (Å²) >= 11 is 0. The van der Waals surface area contributed by atoms with Gasteiger partial charge in [-0.1, -0.05) is 12.1 Å². The van der Waals surface area contributed by atoms with Crippen molar-refractivity contribution in [3.63, 3.8) is 0 Å². The average molecular weight is 385 g/mol. The number of ether oxygens (including phenoxy) is 1. The van der Waals surface area contributed by atoms with E-state index in [1.54, 1.807) is 11.0 Å². The first-order chi connectivity index (χ1) is 13.6. The molecule has 152 valence electrons. The van der Waals surface area contributed by atoms with Gasteiger partial charge < -0.3 is 15.0 Å². The normalized spacial score (nSPS) is 23.5. The Labute approximate surface area is 168 Å². The van der Waals surface area contributed by atoms with Crippen molar-refractivity contribution in [1.82, 2.24) is 10.2 Å². The van der Waals surface area contributed by atoms with Crippen LogP contribution in [0.5, 0.6) is 0 Å². The fourth-order valence-corrected chi connectivity index (χ4v) is 3.77. The number of amides is 1. The van der Waals surface area contributed by atoms with Gasteiger partial charge in [-0.05, 0) is 70.4 Å². The summed E-state index contributed by atoms with van der Waals surface area (Å²) in [6, 6.07) is 8.77. The van der Waals surface area contributed by atoms with Crippen molar-refractivity contribution < 1.29 is 9.53 Å². The van der Waals surface area contributed by atoms with Crippen LogP contribution in [0.15, 0.2) is 35.0 Å². The van der Waals surface area contributed by atoms with Gasteiger partial charge in [0.15, 0.2) is 5.76 Å². The zero-order valence-corrected chi connectivity index (χ0v) is 17.4. The highest BCUT2D eigenvalue weighted by molar-refractivity contribution is 6.11. The fraction of sp³-hybridized carbons (Fsp3) is 0.545. The third kappa shape index (κ3) is 4.38. The van der Waals surface area contributed by atoms with Crippen molar-refractivity contribution in [2.24, 2.45) is 10.9 Å². The summed E-state index contributed by atoms with van der Waals surface area (Å²) in [6.45, 7) is 12.8. The Bertz CT molecular complexity index is 731. The molecule has 2 atom stereocenters. The zero-order chi connectivity index (χ0) is 20.1. The second kappa shape index (κ2) is 9.24. The molecule has 0 bridgehead atoms. The molecular weight excluding hydrogens is 352 g/mol. The van der Waals surface area contributed by atoms with Gasteiger partial charge >= 0.3 is 6.02 Å². The Hall–Kier alpha value is -2.34. The Morgan fingerprint density at radius 3 is 2.57 bits per heavy atom. The van der Waals surface area contributed by atoms with Gasteiger partial charge in [-0.25, -0.2) is 4.99 Å². The molecule has 2 aliphatic heterocycles. The maximum atomic E-state index is 12.8. The third-order valence-corrected chi connectivity index (χ3v) is 5.62. The lowest BCUT2D eigenvalue weighted by Crippen LogP contribution is -2.31. The summed E-state index contributed by atoms with van der Waals surface area (Å²) in [5.41, 5.74) is 2.13. The van der Waals surface area contributed by atoms with E-state index in [1.807, 2.05) is 19.1 Å². The molecule has 1 aromatic carbocycles. The Kier molecular flexibility index (Phi) is 6.73. The molecule has 28 heavy (non-hydrogen) atoms. The lowest BCUT2D eigenvalue weighted by atomic mass is 10.0. The smallest absolute Gasteiger partial charge is 0.300 e. The molecule has 0 aliphatic carbocycles. The van der Waals surface area contributed by atoms with Crippen LogP contribution in [0.4, 0.5) is 5.69 Å². The Morgan fingerprint density at radius 1 is 1.29 bits per heavy atom. The second-order valence-electron chi connectivity index (χ2n) is 7.33. The molecule has 1 N–H and O–H groups in total. The molecule has 2 saturated heterocycles. The van der Waals surface area contributed by atoms with Gasteiger partial charge in [-0.2, -0.15) is 0 Å². The molecule has 6 nitrogen and oxygen atoms in total. The first-order valence-corrected chi connectivity index (χ1v) is 10.4. The van der Waals surface area contributed by atoms with Crippen molar-refractivity contribution >= 4 is 23.7 Å². The highest BCUT2D eigenvalue weighted by Crippen LogP contribution is 2.24. The van der Waals surface area contributed by atoms with Gasteiger partial charge in [-0.3, -0.25) is 9.69 Å². The van der Waals surface area contributed by atoms with Crippen LogP contribution in [-0.2, 0) is 9.53 Å². The highest BCUT2D eigenvalue weighted by atomic mass is 16.5. The molecule has 1 aromatic rings. The van der Waals surface area contributed by atoms with Gasteiger partial charge in [0, 0.05) is 31.9 Å². The number of nitrogens with one attached hydrogen (secondary N) is 1. The number of hydrogen-bond donors (Lipinski definition) is 1. The molecule has 2 heterocycles. The Morgan fingerprint density at radius 2 is 2.00 bits per heavy atom. The van der Waals surface area contributed by atoms with Crippen molar-refractivity contribution in [2.75, 3.05) is 37.6 Å². The van der Waals surface area contributed by atoms with Crippen molar-refractivity contribution in [2.45, 2.75) is 40.2 Å². The van der Waals surface area contributed by atoms with E-state index < -0.39 is 0 Å². The second-order valence-corrected chi connectivity index (χ2v) is 7.33. The minimum atomic E-state index is -0.120. The summed E-state index contributed by atoms with van der Waals surface area (Å²) < 4.78 is 5.89. The van der Waals surface area contributed by atoms with Crippen LogP contribution in [0.25, 0.3) is 6.08 Å². The fourth-order valence-electron chi connectivity index (χ4n) is 3.77. The molecular formula is C22H32N4O2. The number of nitrogens with zero attached hydrogens (tertiary/aromatic N) is 3. The maximum absolute atomic E-state index is 12.8. The van der Waals surface area contributed by atoms with Crippen LogP contribution in [0, 0.1) is 5.92 Å². The minimum absolute atomic E-state index is 0.120. The zero-order valence-electron chi connectivity index (χ0n) is 17.4. The number of benzene rings is 1. The van der Waals surface area contributed by atoms with Crippen LogP contribution in [0.1, 0.15) is 39.7 Å². The molecule has 2 fully saturated rings. The van der Waals surface area contributed by atoms with Crippen LogP contribution in [0.2, 0.25) is 0 Å². The van der Waals surface area contributed by atoms with Crippen LogP contribution >= 0.6 is 0 Å². The van der Waals surface area contributed by atoms with Gasteiger partial charge in [-0.15, -0.1) is 0 Å². The number of likely N-dealkylation sites (N-methyl/N-ethyl adjacent to an activating group) is 1. The molecule has 0 aromatic heterocycles. The average Bonchev–Trinajstić information content (AvgIpc) is 3.33. The van der Waals surface area contributed by atoms with Crippen LogP contribution in [-0.4, -0.2) is 55.6 Å². The van der Waals surface area contributed by atoms with E-state index in [9.17, 15) is 4.79 Å². The first kappa shape index (κ1) is 20.4. The molecule has 2 unspecified atom stereocenters. The molecule has 0 spiro atoms. The van der Waals surface area contributed by atoms with Gasteiger partial charge in [0.2, 0.25) is 0 Å². The summed E-state index contributed by atoms with van der Waals surface area (Å²) in [5.74, 6) is 0.712. The Balaban J connectivity index is 1.77. The predicted molar refractivity (Wildman–Crippen MR) is 114 cm³/mol. The molecule has 0 radical (unpaired) electrons. The molecule has 0 saturated carbocycles. The number of rotatable bonds is 7. The number of hydrogen-bond acceptors (Lipinski definition) is 5. The largest absolute Gasteiger partial charge is 0.420 e. The van der Waals surface area contributed by atoms with Gasteiger partial charge in [0.1, 0.15) is 0 Å².